The molecule has 0 unspecified atom stereocenters. The zero-order valence-corrected chi connectivity index (χ0v) is 14.2. The van der Waals surface area contributed by atoms with Gasteiger partial charge in [0.1, 0.15) is 5.69 Å². The normalized spacial score (nSPS) is 10.7. The van der Waals surface area contributed by atoms with Crippen molar-refractivity contribution in [3.63, 3.8) is 0 Å². The maximum absolute atomic E-state index is 12.3. The Morgan fingerprint density at radius 1 is 1.35 bits per heavy atom. The third kappa shape index (κ3) is 3.31. The molecule has 0 radical (unpaired) electrons. The lowest BCUT2D eigenvalue weighted by Gasteiger charge is -2.02. The zero-order valence-electron chi connectivity index (χ0n) is 12.6. The molecule has 0 bridgehead atoms. The standard InChI is InChI=1S/C15H14BrN5O2/c1-3-21-12(7-9(2)20-21)13(22)17-15-19-18-14(23-15)10-5-4-6-11(16)8-10/h4-8H,3H2,1-2H3,(H,17,19,22). The van der Waals surface area contributed by atoms with Crippen LogP contribution in [0.4, 0.5) is 6.01 Å². The van der Waals surface area contributed by atoms with Crippen LogP contribution in [0.5, 0.6) is 0 Å². The molecule has 2 heterocycles. The highest BCUT2D eigenvalue weighted by atomic mass is 79.9. The largest absolute Gasteiger partial charge is 0.403 e. The van der Waals surface area contributed by atoms with E-state index in [0.29, 0.717) is 18.1 Å². The van der Waals surface area contributed by atoms with E-state index in [1.54, 1.807) is 10.7 Å². The molecule has 3 rings (SSSR count). The van der Waals surface area contributed by atoms with Crippen LogP contribution in [0.15, 0.2) is 39.2 Å². The van der Waals surface area contributed by atoms with E-state index in [9.17, 15) is 4.79 Å². The minimum absolute atomic E-state index is 0.0477. The van der Waals surface area contributed by atoms with E-state index < -0.39 is 0 Å². The summed E-state index contributed by atoms with van der Waals surface area (Å²) in [5.74, 6) is -0.00123. The van der Waals surface area contributed by atoms with Crippen molar-refractivity contribution >= 4 is 27.9 Å². The molecule has 0 spiro atoms. The second-order valence-electron chi connectivity index (χ2n) is 4.86. The van der Waals surface area contributed by atoms with E-state index in [-0.39, 0.29) is 11.9 Å². The van der Waals surface area contributed by atoms with Gasteiger partial charge in [-0.2, -0.15) is 5.10 Å². The first-order valence-electron chi connectivity index (χ1n) is 7.02. The summed E-state index contributed by atoms with van der Waals surface area (Å²) in [6.45, 7) is 4.35. The summed E-state index contributed by atoms with van der Waals surface area (Å²) in [4.78, 5) is 12.3. The van der Waals surface area contributed by atoms with Gasteiger partial charge in [0, 0.05) is 16.6 Å². The minimum atomic E-state index is -0.336. The lowest BCUT2D eigenvalue weighted by molar-refractivity contribution is 0.101. The first-order valence-corrected chi connectivity index (χ1v) is 7.81. The summed E-state index contributed by atoms with van der Waals surface area (Å²) in [5, 5.41) is 14.6. The van der Waals surface area contributed by atoms with Crippen molar-refractivity contribution in [3.8, 4) is 11.5 Å². The SMILES string of the molecule is CCn1nc(C)cc1C(=O)Nc1nnc(-c2cccc(Br)c2)o1. The number of anilines is 1. The number of halogens is 1. The van der Waals surface area contributed by atoms with Gasteiger partial charge in [0.05, 0.1) is 5.69 Å². The highest BCUT2D eigenvalue weighted by Crippen LogP contribution is 2.23. The summed E-state index contributed by atoms with van der Waals surface area (Å²) >= 11 is 3.39. The smallest absolute Gasteiger partial charge is 0.322 e. The second kappa shape index (κ2) is 6.33. The topological polar surface area (TPSA) is 85.8 Å². The van der Waals surface area contributed by atoms with Crippen molar-refractivity contribution in [2.24, 2.45) is 0 Å². The van der Waals surface area contributed by atoms with Gasteiger partial charge in [-0.15, -0.1) is 5.10 Å². The molecule has 0 atom stereocenters. The molecule has 0 saturated heterocycles. The molecule has 1 N–H and O–H groups in total. The van der Waals surface area contributed by atoms with Crippen molar-refractivity contribution in [1.82, 2.24) is 20.0 Å². The van der Waals surface area contributed by atoms with Gasteiger partial charge < -0.3 is 4.42 Å². The number of hydrogen-bond acceptors (Lipinski definition) is 5. The molecule has 0 aliphatic rings. The van der Waals surface area contributed by atoms with Gasteiger partial charge in [0.25, 0.3) is 5.91 Å². The fraction of sp³-hybridized carbons (Fsp3) is 0.200. The summed E-state index contributed by atoms with van der Waals surface area (Å²) in [5.41, 5.74) is 1.99. The molecule has 2 aromatic heterocycles. The van der Waals surface area contributed by atoms with E-state index in [2.05, 4.69) is 36.5 Å². The van der Waals surface area contributed by atoms with Crippen LogP contribution in [0.2, 0.25) is 0 Å². The summed E-state index contributed by atoms with van der Waals surface area (Å²) in [6.07, 6.45) is 0. The fourth-order valence-electron chi connectivity index (χ4n) is 2.14. The molecule has 0 fully saturated rings. The Labute approximate surface area is 140 Å². The number of hydrogen-bond donors (Lipinski definition) is 1. The molecule has 1 amide bonds. The van der Waals surface area contributed by atoms with Crippen LogP contribution in [0.25, 0.3) is 11.5 Å². The zero-order chi connectivity index (χ0) is 16.4. The van der Waals surface area contributed by atoms with Gasteiger partial charge in [-0.05, 0) is 38.1 Å². The Morgan fingerprint density at radius 2 is 2.17 bits per heavy atom. The van der Waals surface area contributed by atoms with Crippen molar-refractivity contribution in [1.29, 1.82) is 0 Å². The Bertz CT molecular complexity index is 855. The second-order valence-corrected chi connectivity index (χ2v) is 5.78. The van der Waals surface area contributed by atoms with E-state index in [0.717, 1.165) is 15.7 Å². The monoisotopic (exact) mass is 375 g/mol. The lowest BCUT2D eigenvalue weighted by atomic mass is 10.2. The number of nitrogens with one attached hydrogen (secondary N) is 1. The number of aryl methyl sites for hydroxylation is 2. The maximum Gasteiger partial charge on any atom is 0.322 e. The van der Waals surface area contributed by atoms with E-state index in [1.807, 2.05) is 38.1 Å². The summed E-state index contributed by atoms with van der Waals surface area (Å²) < 4.78 is 8.02. The predicted octanol–water partition coefficient (Wildman–Crippen LogP) is 3.28. The van der Waals surface area contributed by atoms with E-state index in [1.165, 1.54) is 0 Å². The third-order valence-electron chi connectivity index (χ3n) is 3.15. The molecule has 3 aromatic rings. The van der Waals surface area contributed by atoms with Gasteiger partial charge in [-0.1, -0.05) is 27.1 Å². The van der Waals surface area contributed by atoms with Crippen LogP contribution in [-0.4, -0.2) is 25.9 Å². The molecule has 0 aliphatic carbocycles. The van der Waals surface area contributed by atoms with Crippen LogP contribution in [0, 0.1) is 6.92 Å². The van der Waals surface area contributed by atoms with Crippen LogP contribution < -0.4 is 5.32 Å². The van der Waals surface area contributed by atoms with E-state index in [4.69, 9.17) is 4.42 Å². The van der Waals surface area contributed by atoms with Crippen LogP contribution >= 0.6 is 15.9 Å². The molecule has 23 heavy (non-hydrogen) atoms. The van der Waals surface area contributed by atoms with Crippen LogP contribution in [0.3, 0.4) is 0 Å². The highest BCUT2D eigenvalue weighted by molar-refractivity contribution is 9.10. The molecule has 0 saturated carbocycles. The highest BCUT2D eigenvalue weighted by Gasteiger charge is 2.17. The third-order valence-corrected chi connectivity index (χ3v) is 3.64. The number of benzene rings is 1. The summed E-state index contributed by atoms with van der Waals surface area (Å²) in [6, 6.07) is 9.23. The van der Waals surface area contributed by atoms with Gasteiger partial charge in [0.2, 0.25) is 5.89 Å². The average Bonchev–Trinajstić information content (AvgIpc) is 3.13. The Hall–Kier alpha value is -2.48. The predicted molar refractivity (Wildman–Crippen MR) is 88.0 cm³/mol. The Balaban J connectivity index is 1.80. The average molecular weight is 376 g/mol. The van der Waals surface area contributed by atoms with Gasteiger partial charge in [-0.25, -0.2) is 0 Å². The van der Waals surface area contributed by atoms with Crippen molar-refractivity contribution < 1.29 is 9.21 Å². The minimum Gasteiger partial charge on any atom is -0.403 e. The molecule has 7 nitrogen and oxygen atoms in total. The van der Waals surface area contributed by atoms with Crippen LogP contribution in [-0.2, 0) is 6.54 Å². The molecule has 1 aromatic carbocycles. The maximum atomic E-state index is 12.3. The first-order chi connectivity index (χ1) is 11.1. The first kappa shape index (κ1) is 15.4. The van der Waals surface area contributed by atoms with Crippen molar-refractivity contribution in [2.75, 3.05) is 5.32 Å². The molecular weight excluding hydrogens is 362 g/mol. The van der Waals surface area contributed by atoms with Crippen molar-refractivity contribution in [2.45, 2.75) is 20.4 Å². The summed E-state index contributed by atoms with van der Waals surface area (Å²) in [7, 11) is 0. The lowest BCUT2D eigenvalue weighted by Crippen LogP contribution is -2.17. The Kier molecular flexibility index (Phi) is 4.24. The van der Waals surface area contributed by atoms with Gasteiger partial charge in [0.15, 0.2) is 0 Å². The van der Waals surface area contributed by atoms with Crippen molar-refractivity contribution in [3.05, 3.63) is 46.2 Å². The number of carbonyl (C=O) groups is 1. The molecule has 118 valence electrons. The number of carbonyl (C=O) groups excluding carboxylic acids is 1. The number of rotatable bonds is 4. The fourth-order valence-corrected chi connectivity index (χ4v) is 2.54. The molecular formula is C15H14BrN5O2. The number of aromatic nitrogens is 4. The van der Waals surface area contributed by atoms with Crippen LogP contribution in [0.1, 0.15) is 23.1 Å². The number of nitrogens with zero attached hydrogens (tertiary/aromatic N) is 4. The van der Waals surface area contributed by atoms with Gasteiger partial charge >= 0.3 is 6.01 Å². The molecule has 0 aliphatic heterocycles. The molecule has 8 heteroatoms. The van der Waals surface area contributed by atoms with Gasteiger partial charge in [-0.3, -0.25) is 14.8 Å². The number of amides is 1. The quantitative estimate of drug-likeness (QED) is 0.755. The van der Waals surface area contributed by atoms with E-state index >= 15 is 0 Å². The Morgan fingerprint density at radius 3 is 2.91 bits per heavy atom.